The number of rotatable bonds is 1. The largest absolute Gasteiger partial charge is 0.393 e. The normalized spacial score (nSPS) is 20.5. The fourth-order valence-corrected chi connectivity index (χ4v) is 1.67. The Labute approximate surface area is 97.6 Å². The lowest BCUT2D eigenvalue weighted by molar-refractivity contribution is 0.0762. The first-order valence-corrected chi connectivity index (χ1v) is 5.12. The highest BCUT2D eigenvalue weighted by molar-refractivity contribution is 6.32. The van der Waals surface area contributed by atoms with Gasteiger partial charge in [0.1, 0.15) is 12.0 Å². The van der Waals surface area contributed by atoms with Crippen LogP contribution in [0.1, 0.15) is 0 Å². The van der Waals surface area contributed by atoms with Crippen molar-refractivity contribution in [3.63, 3.8) is 0 Å². The third kappa shape index (κ3) is 2.01. The molecule has 7 heteroatoms. The number of hydrogen-bond donors (Lipinski definition) is 1. The van der Waals surface area contributed by atoms with E-state index in [1.54, 1.807) is 0 Å². The zero-order valence-electron chi connectivity index (χ0n) is 8.43. The lowest BCUT2D eigenvalue weighted by atomic mass is 10.3. The molecule has 2 heterocycles. The molecule has 1 aliphatic rings. The van der Waals surface area contributed by atoms with Crippen LogP contribution in [0, 0.1) is 11.3 Å². The van der Waals surface area contributed by atoms with Crippen LogP contribution in [0.4, 0.5) is 11.5 Å². The summed E-state index contributed by atoms with van der Waals surface area (Å²) in [5.74, 6) is 0.559. The predicted octanol–water partition coefficient (Wildman–Crippen LogP) is 0.441. The average Bonchev–Trinajstić information content (AvgIpc) is 2.33. The molecule has 0 saturated carbocycles. The number of hydrogen-bond acceptors (Lipinski definition) is 6. The summed E-state index contributed by atoms with van der Waals surface area (Å²) in [6, 6.07) is 2.06. The molecule has 0 spiro atoms. The molecule has 1 fully saturated rings. The number of ether oxygens (including phenoxy) is 1. The van der Waals surface area contributed by atoms with Crippen molar-refractivity contribution in [1.82, 2.24) is 9.97 Å². The van der Waals surface area contributed by atoms with Crippen molar-refractivity contribution in [3.05, 3.63) is 11.5 Å². The molecule has 1 saturated heterocycles. The summed E-state index contributed by atoms with van der Waals surface area (Å²) < 4.78 is 5.23. The van der Waals surface area contributed by atoms with Gasteiger partial charge in [0.05, 0.1) is 19.2 Å². The summed E-state index contributed by atoms with van der Waals surface area (Å²) in [5.41, 5.74) is 6.11. The van der Waals surface area contributed by atoms with Crippen LogP contribution >= 0.6 is 11.6 Å². The Morgan fingerprint density at radius 2 is 2.44 bits per heavy atom. The lowest BCUT2D eigenvalue weighted by Gasteiger charge is -2.31. The zero-order chi connectivity index (χ0) is 11.5. The van der Waals surface area contributed by atoms with Crippen LogP contribution in [0.15, 0.2) is 6.33 Å². The van der Waals surface area contributed by atoms with Gasteiger partial charge < -0.3 is 15.4 Å². The molecule has 1 aliphatic heterocycles. The van der Waals surface area contributed by atoms with Gasteiger partial charge in [-0.3, -0.25) is 0 Å². The highest BCUT2D eigenvalue weighted by atomic mass is 35.5. The average molecular weight is 240 g/mol. The SMILES string of the molecule is N#CC1CN(c2ncnc(Cl)c2N)CCO1. The van der Waals surface area contributed by atoms with Crippen LogP contribution in [-0.2, 0) is 4.74 Å². The van der Waals surface area contributed by atoms with E-state index in [1.807, 2.05) is 4.90 Å². The molecule has 0 radical (unpaired) electrons. The van der Waals surface area contributed by atoms with Gasteiger partial charge in [-0.2, -0.15) is 5.26 Å². The number of aromatic nitrogens is 2. The molecule has 1 aromatic heterocycles. The van der Waals surface area contributed by atoms with E-state index in [4.69, 9.17) is 27.3 Å². The van der Waals surface area contributed by atoms with Gasteiger partial charge >= 0.3 is 0 Å². The summed E-state index contributed by atoms with van der Waals surface area (Å²) in [4.78, 5) is 9.73. The third-order valence-corrected chi connectivity index (χ3v) is 2.63. The van der Waals surface area contributed by atoms with Crippen LogP contribution < -0.4 is 10.6 Å². The van der Waals surface area contributed by atoms with Gasteiger partial charge in [0, 0.05) is 6.54 Å². The van der Waals surface area contributed by atoms with E-state index in [1.165, 1.54) is 6.33 Å². The van der Waals surface area contributed by atoms with Gasteiger partial charge in [0.15, 0.2) is 17.1 Å². The molecule has 0 aromatic carbocycles. The number of nitrogens with two attached hydrogens (primary N) is 1. The van der Waals surface area contributed by atoms with Crippen molar-refractivity contribution >= 4 is 23.1 Å². The summed E-state index contributed by atoms with van der Waals surface area (Å²) in [7, 11) is 0. The number of anilines is 2. The maximum Gasteiger partial charge on any atom is 0.161 e. The van der Waals surface area contributed by atoms with E-state index in [0.29, 0.717) is 31.2 Å². The second kappa shape index (κ2) is 4.51. The van der Waals surface area contributed by atoms with Crippen molar-refractivity contribution in [2.75, 3.05) is 30.3 Å². The van der Waals surface area contributed by atoms with Gasteiger partial charge in [-0.25, -0.2) is 9.97 Å². The molecule has 0 bridgehead atoms. The third-order valence-electron chi connectivity index (χ3n) is 2.32. The number of halogens is 1. The standard InChI is InChI=1S/C9H10ClN5O/c10-8-7(12)9(14-5-13-8)15-1-2-16-6(3-11)4-15/h5-6H,1-2,4,12H2. The molecule has 1 unspecified atom stereocenters. The summed E-state index contributed by atoms with van der Waals surface area (Å²) >= 11 is 5.80. The van der Waals surface area contributed by atoms with E-state index in [2.05, 4.69) is 16.0 Å². The maximum atomic E-state index is 8.79. The minimum Gasteiger partial charge on any atom is -0.393 e. The molecule has 84 valence electrons. The Bertz CT molecular complexity index is 432. The van der Waals surface area contributed by atoms with Crippen molar-refractivity contribution in [3.8, 4) is 6.07 Å². The van der Waals surface area contributed by atoms with Gasteiger partial charge in [-0.1, -0.05) is 11.6 Å². The molecule has 1 aromatic rings. The van der Waals surface area contributed by atoms with Crippen molar-refractivity contribution in [2.45, 2.75) is 6.10 Å². The second-order valence-corrected chi connectivity index (χ2v) is 3.69. The summed E-state index contributed by atoms with van der Waals surface area (Å²) in [6.45, 7) is 1.54. The van der Waals surface area contributed by atoms with Crippen LogP contribution in [0.5, 0.6) is 0 Å². The summed E-state index contributed by atoms with van der Waals surface area (Å²) in [5, 5.41) is 9.01. The monoisotopic (exact) mass is 239 g/mol. The molecule has 2 N–H and O–H groups in total. The van der Waals surface area contributed by atoms with E-state index in [9.17, 15) is 0 Å². The second-order valence-electron chi connectivity index (χ2n) is 3.34. The van der Waals surface area contributed by atoms with E-state index in [-0.39, 0.29) is 5.15 Å². The van der Waals surface area contributed by atoms with Crippen molar-refractivity contribution < 1.29 is 4.74 Å². The molecular formula is C9H10ClN5O. The zero-order valence-corrected chi connectivity index (χ0v) is 9.18. The highest BCUT2D eigenvalue weighted by Gasteiger charge is 2.23. The van der Waals surface area contributed by atoms with E-state index in [0.717, 1.165) is 0 Å². The highest BCUT2D eigenvalue weighted by Crippen LogP contribution is 2.26. The van der Waals surface area contributed by atoms with Crippen molar-refractivity contribution in [1.29, 1.82) is 5.26 Å². The first kappa shape index (κ1) is 10.9. The van der Waals surface area contributed by atoms with Crippen LogP contribution in [0.25, 0.3) is 0 Å². The van der Waals surface area contributed by atoms with E-state index < -0.39 is 6.10 Å². The van der Waals surface area contributed by atoms with Crippen LogP contribution in [0.2, 0.25) is 5.15 Å². The fourth-order valence-electron chi connectivity index (χ4n) is 1.54. The van der Waals surface area contributed by atoms with Gasteiger partial charge in [-0.15, -0.1) is 0 Å². The van der Waals surface area contributed by atoms with E-state index >= 15 is 0 Å². The number of nitrogen functional groups attached to an aromatic ring is 1. The Balaban J connectivity index is 2.24. The van der Waals surface area contributed by atoms with Gasteiger partial charge in [0.2, 0.25) is 0 Å². The minimum atomic E-state index is -0.457. The number of morpholine rings is 1. The molecular weight excluding hydrogens is 230 g/mol. The quantitative estimate of drug-likeness (QED) is 0.716. The molecule has 0 amide bonds. The molecule has 16 heavy (non-hydrogen) atoms. The molecule has 0 aliphatic carbocycles. The first-order chi connectivity index (χ1) is 7.72. The van der Waals surface area contributed by atoms with Crippen molar-refractivity contribution in [2.24, 2.45) is 0 Å². The first-order valence-electron chi connectivity index (χ1n) is 4.74. The molecule has 6 nitrogen and oxygen atoms in total. The smallest absolute Gasteiger partial charge is 0.161 e. The number of nitriles is 1. The number of nitrogens with zero attached hydrogens (tertiary/aromatic N) is 4. The Morgan fingerprint density at radius 1 is 1.62 bits per heavy atom. The molecule has 2 rings (SSSR count). The topological polar surface area (TPSA) is 88.1 Å². The fraction of sp³-hybridized carbons (Fsp3) is 0.444. The Kier molecular flexibility index (Phi) is 3.08. The Morgan fingerprint density at radius 3 is 3.19 bits per heavy atom. The lowest BCUT2D eigenvalue weighted by Crippen LogP contribution is -2.42. The van der Waals surface area contributed by atoms with Crippen LogP contribution in [0.3, 0.4) is 0 Å². The maximum absolute atomic E-state index is 8.79. The Hall–Kier alpha value is -1.58. The van der Waals surface area contributed by atoms with Crippen LogP contribution in [-0.4, -0.2) is 35.8 Å². The van der Waals surface area contributed by atoms with Gasteiger partial charge in [0.25, 0.3) is 0 Å². The summed E-state index contributed by atoms with van der Waals surface area (Å²) in [6.07, 6.45) is 0.895. The van der Waals surface area contributed by atoms with Gasteiger partial charge in [-0.05, 0) is 0 Å². The molecule has 1 atom stereocenters. The predicted molar refractivity (Wildman–Crippen MR) is 59.0 cm³/mol. The minimum absolute atomic E-state index is 0.227.